The minimum Gasteiger partial charge on any atom is -0.298 e. The average Bonchev–Trinajstić information content (AvgIpc) is 2.00. The summed E-state index contributed by atoms with van der Waals surface area (Å²) in [5.74, 6) is -0.0871. The van der Waals surface area contributed by atoms with Gasteiger partial charge in [0.1, 0.15) is 15.0 Å². The van der Waals surface area contributed by atoms with Crippen LogP contribution < -0.4 is 5.56 Å². The van der Waals surface area contributed by atoms with Crippen LogP contribution in [0.15, 0.2) is 17.2 Å². The summed E-state index contributed by atoms with van der Waals surface area (Å²) in [6.07, 6.45) is 2.34. The first-order chi connectivity index (χ1) is 6.38. The van der Waals surface area contributed by atoms with E-state index in [4.69, 9.17) is 11.6 Å². The van der Waals surface area contributed by atoms with Gasteiger partial charge in [-0.1, -0.05) is 11.6 Å². The third-order valence-corrected chi connectivity index (χ3v) is 2.68. The van der Waals surface area contributed by atoms with E-state index >= 15 is 0 Å². The summed E-state index contributed by atoms with van der Waals surface area (Å²) in [6, 6.07) is 1.14. The largest absolute Gasteiger partial charge is 0.298 e. The molecular formula is C7H9ClN2O3S. The molecule has 1 aromatic heterocycles. The average molecular weight is 237 g/mol. The molecule has 0 amide bonds. The first-order valence-electron chi connectivity index (χ1n) is 3.78. The topological polar surface area (TPSA) is 69.0 Å². The van der Waals surface area contributed by atoms with Crippen molar-refractivity contribution in [2.24, 2.45) is 0 Å². The van der Waals surface area contributed by atoms with Crippen LogP contribution in [0.2, 0.25) is 5.15 Å². The van der Waals surface area contributed by atoms with Crippen LogP contribution >= 0.6 is 11.6 Å². The quantitative estimate of drug-likeness (QED) is 0.690. The molecule has 7 heteroatoms. The Morgan fingerprint density at radius 3 is 2.71 bits per heavy atom. The Morgan fingerprint density at radius 1 is 1.57 bits per heavy atom. The van der Waals surface area contributed by atoms with Gasteiger partial charge in [0.25, 0.3) is 5.56 Å². The van der Waals surface area contributed by atoms with E-state index < -0.39 is 9.84 Å². The van der Waals surface area contributed by atoms with Crippen molar-refractivity contribution in [2.75, 3.05) is 12.0 Å². The Hall–Kier alpha value is -0.880. The molecule has 0 aliphatic heterocycles. The van der Waals surface area contributed by atoms with Crippen molar-refractivity contribution in [1.29, 1.82) is 0 Å². The van der Waals surface area contributed by atoms with Crippen LogP contribution in [0.4, 0.5) is 0 Å². The third kappa shape index (κ3) is 3.47. The molecule has 1 rings (SSSR count). The zero-order valence-corrected chi connectivity index (χ0v) is 9.05. The number of nitrogens with zero attached hydrogens (tertiary/aromatic N) is 2. The van der Waals surface area contributed by atoms with Gasteiger partial charge >= 0.3 is 0 Å². The number of rotatable bonds is 3. The van der Waals surface area contributed by atoms with Gasteiger partial charge in [-0.3, -0.25) is 9.36 Å². The highest BCUT2D eigenvalue weighted by Gasteiger charge is 2.04. The highest BCUT2D eigenvalue weighted by molar-refractivity contribution is 7.90. The molecule has 0 radical (unpaired) electrons. The third-order valence-electron chi connectivity index (χ3n) is 1.55. The SMILES string of the molecule is CS(=O)(=O)CCn1cnc(Cl)cc1=O. The number of sulfone groups is 1. The second-order valence-corrected chi connectivity index (χ2v) is 5.52. The van der Waals surface area contributed by atoms with Gasteiger partial charge in [-0.25, -0.2) is 13.4 Å². The van der Waals surface area contributed by atoms with Gasteiger partial charge in [-0.2, -0.15) is 0 Å². The fourth-order valence-corrected chi connectivity index (χ4v) is 1.50. The molecule has 0 saturated heterocycles. The summed E-state index contributed by atoms with van der Waals surface area (Å²) in [6.45, 7) is 0.0990. The highest BCUT2D eigenvalue weighted by Crippen LogP contribution is 1.96. The Labute approximate surface area is 86.3 Å². The van der Waals surface area contributed by atoms with Crippen LogP contribution in [-0.2, 0) is 16.4 Å². The molecule has 1 heterocycles. The smallest absolute Gasteiger partial charge is 0.254 e. The molecule has 0 fully saturated rings. The Kier molecular flexibility index (Phi) is 3.28. The normalized spacial score (nSPS) is 11.6. The molecule has 0 aliphatic rings. The molecule has 0 saturated carbocycles. The van der Waals surface area contributed by atoms with Crippen molar-refractivity contribution in [1.82, 2.24) is 9.55 Å². The van der Waals surface area contributed by atoms with E-state index in [1.807, 2.05) is 0 Å². The van der Waals surface area contributed by atoms with Gasteiger partial charge in [0.2, 0.25) is 0 Å². The van der Waals surface area contributed by atoms with E-state index in [0.29, 0.717) is 0 Å². The molecule has 0 N–H and O–H groups in total. The van der Waals surface area contributed by atoms with E-state index in [2.05, 4.69) is 4.98 Å². The maximum atomic E-state index is 11.2. The zero-order valence-electron chi connectivity index (χ0n) is 7.47. The summed E-state index contributed by atoms with van der Waals surface area (Å²) >= 11 is 5.46. The first kappa shape index (κ1) is 11.2. The molecule has 0 aromatic carbocycles. The van der Waals surface area contributed by atoms with Gasteiger partial charge in [-0.15, -0.1) is 0 Å². The fraction of sp³-hybridized carbons (Fsp3) is 0.429. The van der Waals surface area contributed by atoms with Gasteiger partial charge in [0.15, 0.2) is 0 Å². The number of aryl methyl sites for hydroxylation is 1. The van der Waals surface area contributed by atoms with Crippen LogP contribution in [0.25, 0.3) is 0 Å². The van der Waals surface area contributed by atoms with E-state index in [1.165, 1.54) is 10.9 Å². The summed E-state index contributed by atoms with van der Waals surface area (Å²) in [5, 5.41) is 0.102. The van der Waals surface area contributed by atoms with Crippen LogP contribution in [0.5, 0.6) is 0 Å². The van der Waals surface area contributed by atoms with Gasteiger partial charge in [-0.05, 0) is 0 Å². The standard InChI is InChI=1S/C7H9ClN2O3S/c1-14(12,13)3-2-10-5-9-6(8)4-7(10)11/h4-5H,2-3H2,1H3. The molecule has 0 spiro atoms. The summed E-state index contributed by atoms with van der Waals surface area (Å²) in [7, 11) is -3.07. The predicted molar refractivity (Wildman–Crippen MR) is 53.2 cm³/mol. The van der Waals surface area contributed by atoms with E-state index in [1.54, 1.807) is 0 Å². The Bertz CT molecular complexity index is 480. The number of hydrogen-bond donors (Lipinski definition) is 0. The van der Waals surface area contributed by atoms with Gasteiger partial charge in [0.05, 0.1) is 12.1 Å². The van der Waals surface area contributed by atoms with Gasteiger partial charge < -0.3 is 0 Å². The summed E-state index contributed by atoms with van der Waals surface area (Å²) in [4.78, 5) is 14.9. The molecule has 0 atom stereocenters. The second-order valence-electron chi connectivity index (χ2n) is 2.87. The van der Waals surface area contributed by atoms with Gasteiger partial charge in [0, 0.05) is 18.9 Å². The molecule has 0 bridgehead atoms. The number of aromatic nitrogens is 2. The maximum Gasteiger partial charge on any atom is 0.254 e. The fourth-order valence-electron chi connectivity index (χ4n) is 0.836. The summed E-state index contributed by atoms with van der Waals surface area (Å²) in [5.41, 5.74) is -0.353. The molecule has 14 heavy (non-hydrogen) atoms. The minimum atomic E-state index is -3.07. The van der Waals surface area contributed by atoms with Crippen LogP contribution in [-0.4, -0.2) is 30.0 Å². The van der Waals surface area contributed by atoms with Crippen molar-refractivity contribution in [2.45, 2.75) is 6.54 Å². The zero-order chi connectivity index (χ0) is 10.8. The predicted octanol–water partition coefficient (Wildman–Crippen LogP) is -0.0587. The van der Waals surface area contributed by atoms with Crippen LogP contribution in [0.3, 0.4) is 0 Å². The van der Waals surface area contributed by atoms with E-state index in [-0.39, 0.29) is 23.0 Å². The highest BCUT2D eigenvalue weighted by atomic mass is 35.5. The van der Waals surface area contributed by atoms with E-state index in [0.717, 1.165) is 12.3 Å². The van der Waals surface area contributed by atoms with Crippen LogP contribution in [0, 0.1) is 0 Å². The maximum absolute atomic E-state index is 11.2. The Morgan fingerprint density at radius 2 is 2.21 bits per heavy atom. The Balaban J connectivity index is 2.84. The molecule has 5 nitrogen and oxygen atoms in total. The van der Waals surface area contributed by atoms with Crippen molar-refractivity contribution < 1.29 is 8.42 Å². The molecule has 1 aromatic rings. The molecular weight excluding hydrogens is 228 g/mol. The van der Waals surface area contributed by atoms with Crippen molar-refractivity contribution in [3.8, 4) is 0 Å². The lowest BCUT2D eigenvalue weighted by Crippen LogP contribution is -2.23. The monoisotopic (exact) mass is 236 g/mol. The van der Waals surface area contributed by atoms with Crippen molar-refractivity contribution in [3.63, 3.8) is 0 Å². The molecule has 0 unspecified atom stereocenters. The number of halogens is 1. The molecule has 78 valence electrons. The number of hydrogen-bond acceptors (Lipinski definition) is 4. The minimum absolute atomic E-state index is 0.0871. The van der Waals surface area contributed by atoms with E-state index in [9.17, 15) is 13.2 Å². The molecule has 0 aliphatic carbocycles. The second kappa shape index (κ2) is 4.10. The van der Waals surface area contributed by atoms with Crippen molar-refractivity contribution in [3.05, 3.63) is 27.9 Å². The van der Waals surface area contributed by atoms with Crippen molar-refractivity contribution >= 4 is 21.4 Å². The summed E-state index contributed by atoms with van der Waals surface area (Å²) < 4.78 is 22.8. The lowest BCUT2D eigenvalue weighted by molar-refractivity contribution is 0.592. The first-order valence-corrected chi connectivity index (χ1v) is 6.22. The lowest BCUT2D eigenvalue weighted by Gasteiger charge is -2.02. The van der Waals surface area contributed by atoms with Crippen LogP contribution in [0.1, 0.15) is 0 Å². The lowest BCUT2D eigenvalue weighted by atomic mass is 10.6.